The molecule has 158 valence electrons. The molecule has 31 heavy (non-hydrogen) atoms. The molecule has 0 saturated heterocycles. The second kappa shape index (κ2) is 8.55. The molecule has 0 radical (unpaired) electrons. The fraction of sp³-hybridized carbons (Fsp3) is 0.0476. The number of fused-ring (bicyclic) bond motifs is 1. The van der Waals surface area contributed by atoms with Crippen molar-refractivity contribution < 1.29 is 28.2 Å². The molecule has 0 unspecified atom stereocenters. The maximum absolute atomic E-state index is 12.8. The number of carbonyl (C=O) groups is 1. The van der Waals surface area contributed by atoms with Crippen LogP contribution >= 0.6 is 34.8 Å². The van der Waals surface area contributed by atoms with Crippen LogP contribution in [0.2, 0.25) is 15.1 Å². The molecule has 0 amide bonds. The van der Waals surface area contributed by atoms with Gasteiger partial charge in [0.15, 0.2) is 5.75 Å². The summed E-state index contributed by atoms with van der Waals surface area (Å²) in [6.45, 7) is -0.00220. The molecule has 0 fully saturated rings. The van der Waals surface area contributed by atoms with Crippen molar-refractivity contribution in [3.05, 3.63) is 85.5 Å². The summed E-state index contributed by atoms with van der Waals surface area (Å²) < 4.78 is 21.8. The topological polar surface area (TPSA) is 99.1 Å². The molecule has 0 aliphatic rings. The Labute approximate surface area is 189 Å². The molecule has 4 rings (SSSR count). The van der Waals surface area contributed by atoms with Crippen molar-refractivity contribution >= 4 is 51.7 Å². The van der Waals surface area contributed by atoms with E-state index in [1.807, 2.05) is 0 Å². The first kappa shape index (κ1) is 21.1. The Hall–Kier alpha value is -3.13. The number of hydrogen-bond acceptors (Lipinski definition) is 6. The predicted molar refractivity (Wildman–Crippen MR) is 114 cm³/mol. The quantitative estimate of drug-likeness (QED) is 0.339. The van der Waals surface area contributed by atoms with E-state index >= 15 is 0 Å². The van der Waals surface area contributed by atoms with Gasteiger partial charge in [0.1, 0.15) is 30.0 Å². The van der Waals surface area contributed by atoms with E-state index in [9.17, 15) is 9.59 Å². The van der Waals surface area contributed by atoms with Gasteiger partial charge < -0.3 is 23.4 Å². The van der Waals surface area contributed by atoms with Crippen molar-refractivity contribution in [2.45, 2.75) is 6.61 Å². The van der Waals surface area contributed by atoms with E-state index in [4.69, 9.17) is 58.2 Å². The molecule has 0 saturated carbocycles. The molecular formula is C21H11Cl3O7. The van der Waals surface area contributed by atoms with Crippen molar-refractivity contribution in [2.75, 3.05) is 0 Å². The van der Waals surface area contributed by atoms with Crippen LogP contribution in [-0.2, 0) is 6.61 Å². The summed E-state index contributed by atoms with van der Waals surface area (Å²) in [6.07, 6.45) is 1.14. The summed E-state index contributed by atoms with van der Waals surface area (Å²) >= 11 is 18.1. The molecule has 4 aromatic rings. The van der Waals surface area contributed by atoms with Gasteiger partial charge in [-0.25, -0.2) is 4.79 Å². The minimum atomic E-state index is -1.17. The van der Waals surface area contributed by atoms with Gasteiger partial charge in [-0.1, -0.05) is 34.8 Å². The third-order valence-corrected chi connectivity index (χ3v) is 4.92. The zero-order valence-electron chi connectivity index (χ0n) is 15.4. The smallest absolute Gasteiger partial charge is 0.371 e. The van der Waals surface area contributed by atoms with Gasteiger partial charge in [-0.05, 0) is 36.4 Å². The van der Waals surface area contributed by atoms with Crippen molar-refractivity contribution in [3.63, 3.8) is 0 Å². The van der Waals surface area contributed by atoms with E-state index in [1.54, 1.807) is 6.07 Å². The fourth-order valence-corrected chi connectivity index (χ4v) is 3.61. The van der Waals surface area contributed by atoms with Crippen molar-refractivity contribution in [1.82, 2.24) is 0 Å². The van der Waals surface area contributed by atoms with Crippen molar-refractivity contribution in [2.24, 2.45) is 0 Å². The number of benzene rings is 2. The first-order valence-electron chi connectivity index (χ1n) is 8.64. The second-order valence-electron chi connectivity index (χ2n) is 6.25. The van der Waals surface area contributed by atoms with Gasteiger partial charge in [0.05, 0.1) is 15.4 Å². The average Bonchev–Trinajstić information content (AvgIpc) is 3.20. The zero-order valence-corrected chi connectivity index (χ0v) is 17.6. The number of rotatable bonds is 6. The average molecular weight is 482 g/mol. The summed E-state index contributed by atoms with van der Waals surface area (Å²) in [7, 11) is 0. The minimum absolute atomic E-state index is 0.00220. The lowest BCUT2D eigenvalue weighted by Crippen LogP contribution is -2.05. The molecule has 0 atom stereocenters. The van der Waals surface area contributed by atoms with Crippen molar-refractivity contribution in [1.29, 1.82) is 0 Å². The van der Waals surface area contributed by atoms with Gasteiger partial charge >= 0.3 is 5.97 Å². The van der Waals surface area contributed by atoms with Crippen LogP contribution in [0, 0.1) is 0 Å². The number of carboxylic acid groups (broad SMARTS) is 1. The summed E-state index contributed by atoms with van der Waals surface area (Å²) in [6, 6.07) is 10.3. The first-order valence-corrected chi connectivity index (χ1v) is 9.78. The number of ether oxygens (including phenoxy) is 2. The largest absolute Gasteiger partial charge is 0.486 e. The number of hydrogen-bond donors (Lipinski definition) is 1. The molecule has 1 N–H and O–H groups in total. The van der Waals surface area contributed by atoms with Crippen LogP contribution in [0.5, 0.6) is 17.2 Å². The lowest BCUT2D eigenvalue weighted by atomic mass is 10.2. The van der Waals surface area contributed by atoms with E-state index in [1.165, 1.54) is 36.4 Å². The first-order chi connectivity index (χ1) is 14.8. The monoisotopic (exact) mass is 480 g/mol. The lowest BCUT2D eigenvalue weighted by molar-refractivity contribution is 0.0658. The maximum atomic E-state index is 12.8. The summed E-state index contributed by atoms with van der Waals surface area (Å²) in [5.41, 5.74) is -0.180. The molecule has 7 nitrogen and oxygen atoms in total. The van der Waals surface area contributed by atoms with Gasteiger partial charge in [-0.2, -0.15) is 0 Å². The normalized spacial score (nSPS) is 10.9. The standard InChI is InChI=1S/C21H11Cl3O7/c22-10-5-14(23)20(15(24)6-10)31-18-9-29-17-7-11(1-3-13(17)19(18)25)28-8-12-2-4-16(30-12)21(26)27/h1-7,9H,8H2,(H,26,27). The van der Waals surface area contributed by atoms with E-state index in [-0.39, 0.29) is 44.9 Å². The Kier molecular flexibility index (Phi) is 5.82. The number of furan rings is 1. The minimum Gasteiger partial charge on any atom is -0.486 e. The molecule has 0 aliphatic carbocycles. The molecule has 2 aromatic carbocycles. The molecule has 0 spiro atoms. The SMILES string of the molecule is O=C(O)c1ccc(COc2ccc3c(=O)c(Oc4c(Cl)cc(Cl)cc4Cl)coc3c2)o1. The van der Waals surface area contributed by atoms with Crippen LogP contribution < -0.4 is 14.9 Å². The second-order valence-corrected chi connectivity index (χ2v) is 7.50. The third kappa shape index (κ3) is 4.49. The Balaban J connectivity index is 1.56. The van der Waals surface area contributed by atoms with E-state index in [0.717, 1.165) is 6.26 Å². The highest BCUT2D eigenvalue weighted by molar-refractivity contribution is 6.40. The van der Waals surface area contributed by atoms with E-state index < -0.39 is 11.4 Å². The van der Waals surface area contributed by atoms with Crippen molar-refractivity contribution in [3.8, 4) is 17.2 Å². The highest BCUT2D eigenvalue weighted by atomic mass is 35.5. The van der Waals surface area contributed by atoms with E-state index in [0.29, 0.717) is 16.5 Å². The van der Waals surface area contributed by atoms with Crippen LogP contribution in [0.1, 0.15) is 16.3 Å². The predicted octanol–water partition coefficient (Wildman–Crippen LogP) is 6.42. The highest BCUT2D eigenvalue weighted by Gasteiger charge is 2.15. The summed E-state index contributed by atoms with van der Waals surface area (Å²) in [5, 5.41) is 9.74. The van der Waals surface area contributed by atoms with Crippen LogP contribution in [0.4, 0.5) is 0 Å². The number of halogens is 3. The van der Waals surface area contributed by atoms with Gasteiger partial charge in [-0.15, -0.1) is 0 Å². The molecule has 2 aromatic heterocycles. The van der Waals surface area contributed by atoms with Gasteiger partial charge in [0.2, 0.25) is 16.9 Å². The molecule has 2 heterocycles. The van der Waals surface area contributed by atoms with Gasteiger partial charge in [0.25, 0.3) is 0 Å². The van der Waals surface area contributed by atoms with Crippen LogP contribution in [0.3, 0.4) is 0 Å². The Morgan fingerprint density at radius 2 is 1.77 bits per heavy atom. The molecule has 10 heteroatoms. The highest BCUT2D eigenvalue weighted by Crippen LogP contribution is 2.38. The summed E-state index contributed by atoms with van der Waals surface area (Å²) in [5.74, 6) is -0.655. The zero-order chi connectivity index (χ0) is 22.1. The summed E-state index contributed by atoms with van der Waals surface area (Å²) in [4.78, 5) is 23.6. The Morgan fingerprint density at radius 3 is 2.45 bits per heavy atom. The third-order valence-electron chi connectivity index (χ3n) is 4.14. The molecule has 0 aliphatic heterocycles. The molecule has 0 bridgehead atoms. The Morgan fingerprint density at radius 1 is 1.03 bits per heavy atom. The lowest BCUT2D eigenvalue weighted by Gasteiger charge is -2.10. The van der Waals surface area contributed by atoms with Crippen LogP contribution in [0.25, 0.3) is 11.0 Å². The van der Waals surface area contributed by atoms with Gasteiger partial charge in [-0.3, -0.25) is 4.79 Å². The van der Waals surface area contributed by atoms with Gasteiger partial charge in [0, 0.05) is 11.1 Å². The maximum Gasteiger partial charge on any atom is 0.371 e. The number of carboxylic acids is 1. The van der Waals surface area contributed by atoms with E-state index in [2.05, 4.69) is 0 Å². The Bertz CT molecular complexity index is 1330. The fourth-order valence-electron chi connectivity index (χ4n) is 2.71. The number of aromatic carboxylic acids is 1. The van der Waals surface area contributed by atoms with Crippen LogP contribution in [-0.4, -0.2) is 11.1 Å². The van der Waals surface area contributed by atoms with Crippen LogP contribution in [0.15, 0.2) is 62.4 Å². The molecular weight excluding hydrogens is 471 g/mol.